The van der Waals surface area contributed by atoms with Crippen LogP contribution in [0.1, 0.15) is 18.4 Å². The van der Waals surface area contributed by atoms with E-state index in [4.69, 9.17) is 33.7 Å². The Morgan fingerprint density at radius 2 is 1.58 bits per heavy atom. The van der Waals surface area contributed by atoms with E-state index in [1.54, 1.807) is 24.3 Å². The van der Waals surface area contributed by atoms with Gasteiger partial charge in [0, 0.05) is 34.5 Å². The molecule has 7 heteroatoms. The van der Waals surface area contributed by atoms with Gasteiger partial charge < -0.3 is 10.5 Å². The molecule has 0 aliphatic heterocycles. The number of hydrogen-bond donors (Lipinski definition) is 1. The third kappa shape index (κ3) is 3.39. The normalized spacial score (nSPS) is 25.2. The highest BCUT2D eigenvalue weighted by atomic mass is 35.5. The lowest BCUT2D eigenvalue weighted by atomic mass is 10.00. The standard InChI is InChI=1S/C19H21Cl2NO3S/c1-2-25-12-19(11-22)17(13-3-5-14(20)6-4-13)18(19)26(23,24)16-9-7-15(21)8-10-16/h3-10,17-18H,2,11-12,22H2,1H3/t17-,18-,19+/m0/s1. The molecule has 1 fully saturated rings. The average Bonchev–Trinajstić information content (AvgIpc) is 3.31. The molecule has 1 saturated carbocycles. The van der Waals surface area contributed by atoms with Crippen LogP contribution >= 0.6 is 23.2 Å². The SMILES string of the molecule is CCOC[C@]1(CN)[C@@H](c2ccc(Cl)cc2)[C@@H]1S(=O)(=O)c1ccc(Cl)cc1. The average molecular weight is 414 g/mol. The monoisotopic (exact) mass is 413 g/mol. The zero-order valence-corrected chi connectivity index (χ0v) is 16.7. The van der Waals surface area contributed by atoms with Crippen LogP contribution in [0.5, 0.6) is 0 Å². The van der Waals surface area contributed by atoms with Crippen molar-refractivity contribution in [2.24, 2.45) is 11.1 Å². The Morgan fingerprint density at radius 1 is 1.04 bits per heavy atom. The van der Waals surface area contributed by atoms with Crippen molar-refractivity contribution in [3.05, 3.63) is 64.1 Å². The van der Waals surface area contributed by atoms with Crippen molar-refractivity contribution >= 4 is 33.0 Å². The van der Waals surface area contributed by atoms with Crippen LogP contribution in [-0.4, -0.2) is 33.4 Å². The minimum absolute atomic E-state index is 0.220. The van der Waals surface area contributed by atoms with E-state index in [1.807, 2.05) is 19.1 Å². The second-order valence-electron chi connectivity index (χ2n) is 6.52. The fourth-order valence-electron chi connectivity index (χ4n) is 3.66. The molecule has 2 N–H and O–H groups in total. The molecule has 2 aromatic rings. The lowest BCUT2D eigenvalue weighted by Gasteiger charge is -2.16. The Labute approximate surface area is 164 Å². The van der Waals surface area contributed by atoms with E-state index in [-0.39, 0.29) is 17.4 Å². The predicted molar refractivity (Wildman–Crippen MR) is 105 cm³/mol. The molecule has 2 aromatic carbocycles. The number of benzene rings is 2. The summed E-state index contributed by atoms with van der Waals surface area (Å²) in [7, 11) is -3.59. The van der Waals surface area contributed by atoms with Crippen LogP contribution in [0, 0.1) is 5.41 Å². The first-order valence-electron chi connectivity index (χ1n) is 8.39. The summed E-state index contributed by atoms with van der Waals surface area (Å²) >= 11 is 11.9. The van der Waals surface area contributed by atoms with Crippen LogP contribution in [0.2, 0.25) is 10.0 Å². The molecule has 3 rings (SSSR count). The summed E-state index contributed by atoms with van der Waals surface area (Å²) in [6.45, 7) is 2.90. The first-order chi connectivity index (χ1) is 12.4. The van der Waals surface area contributed by atoms with Crippen molar-refractivity contribution in [3.8, 4) is 0 Å². The van der Waals surface area contributed by atoms with Gasteiger partial charge in [-0.3, -0.25) is 0 Å². The maximum Gasteiger partial charge on any atom is 0.182 e. The number of rotatable bonds is 7. The minimum Gasteiger partial charge on any atom is -0.381 e. The third-order valence-corrected chi connectivity index (χ3v) is 7.88. The van der Waals surface area contributed by atoms with Gasteiger partial charge in [-0.1, -0.05) is 35.3 Å². The Balaban J connectivity index is 2.03. The maximum atomic E-state index is 13.3. The molecule has 1 aliphatic rings. The van der Waals surface area contributed by atoms with Gasteiger partial charge in [-0.15, -0.1) is 0 Å². The van der Waals surface area contributed by atoms with Crippen LogP contribution < -0.4 is 5.73 Å². The summed E-state index contributed by atoms with van der Waals surface area (Å²) in [5.41, 5.74) is 6.32. The fraction of sp³-hybridized carbons (Fsp3) is 0.368. The molecule has 0 bridgehead atoms. The van der Waals surface area contributed by atoms with Crippen LogP contribution in [-0.2, 0) is 14.6 Å². The molecule has 1 aliphatic carbocycles. The van der Waals surface area contributed by atoms with Crippen molar-refractivity contribution in [3.63, 3.8) is 0 Å². The van der Waals surface area contributed by atoms with E-state index in [1.165, 1.54) is 12.1 Å². The molecule has 4 nitrogen and oxygen atoms in total. The number of sulfone groups is 1. The predicted octanol–water partition coefficient (Wildman–Crippen LogP) is 3.91. The fourth-order valence-corrected chi connectivity index (χ4v) is 6.35. The van der Waals surface area contributed by atoms with Crippen molar-refractivity contribution in [1.29, 1.82) is 0 Å². The molecular weight excluding hydrogens is 393 g/mol. The van der Waals surface area contributed by atoms with Crippen LogP contribution in [0.15, 0.2) is 53.4 Å². The van der Waals surface area contributed by atoms with Crippen LogP contribution in [0.4, 0.5) is 0 Å². The highest BCUT2D eigenvalue weighted by Gasteiger charge is 2.70. The summed E-state index contributed by atoms with van der Waals surface area (Å²) in [5.74, 6) is -0.239. The lowest BCUT2D eigenvalue weighted by Crippen LogP contribution is -2.29. The van der Waals surface area contributed by atoms with Gasteiger partial charge in [0.15, 0.2) is 9.84 Å². The number of hydrogen-bond acceptors (Lipinski definition) is 4. The Kier molecular flexibility index (Phi) is 5.66. The Morgan fingerprint density at radius 3 is 2.08 bits per heavy atom. The highest BCUT2D eigenvalue weighted by Crippen LogP contribution is 2.63. The molecule has 0 saturated heterocycles. The zero-order chi connectivity index (χ0) is 18.9. The van der Waals surface area contributed by atoms with E-state index in [0.717, 1.165) is 5.56 Å². The molecule has 0 amide bonds. The largest absolute Gasteiger partial charge is 0.381 e. The van der Waals surface area contributed by atoms with Gasteiger partial charge in [-0.25, -0.2) is 8.42 Å². The number of nitrogens with two attached hydrogens (primary N) is 1. The second-order valence-corrected chi connectivity index (χ2v) is 9.47. The van der Waals surface area contributed by atoms with Crippen LogP contribution in [0.3, 0.4) is 0 Å². The van der Waals surface area contributed by atoms with Gasteiger partial charge >= 0.3 is 0 Å². The molecule has 0 heterocycles. The minimum atomic E-state index is -3.59. The third-order valence-electron chi connectivity index (χ3n) is 5.04. The van der Waals surface area contributed by atoms with Gasteiger partial charge in [0.1, 0.15) is 0 Å². The van der Waals surface area contributed by atoms with Gasteiger partial charge in [0.05, 0.1) is 16.8 Å². The molecule has 140 valence electrons. The van der Waals surface area contributed by atoms with Gasteiger partial charge in [0.25, 0.3) is 0 Å². The summed E-state index contributed by atoms with van der Waals surface area (Å²) in [4.78, 5) is 0.248. The van der Waals surface area contributed by atoms with Gasteiger partial charge in [-0.05, 0) is 48.9 Å². The molecular formula is C19H21Cl2NO3S. The molecule has 0 radical (unpaired) electrons. The molecule has 3 atom stereocenters. The summed E-state index contributed by atoms with van der Waals surface area (Å²) in [6, 6.07) is 13.5. The number of halogens is 2. The maximum absolute atomic E-state index is 13.3. The quantitative estimate of drug-likeness (QED) is 0.746. The first kappa shape index (κ1) is 19.6. The van der Waals surface area contributed by atoms with E-state index in [0.29, 0.717) is 23.3 Å². The van der Waals surface area contributed by atoms with Crippen molar-refractivity contribution in [1.82, 2.24) is 0 Å². The van der Waals surface area contributed by atoms with Crippen molar-refractivity contribution in [2.45, 2.75) is 23.0 Å². The summed E-state index contributed by atoms with van der Waals surface area (Å²) in [5, 5.41) is 0.456. The first-order valence-corrected chi connectivity index (χ1v) is 10.7. The molecule has 0 aromatic heterocycles. The topological polar surface area (TPSA) is 69.4 Å². The van der Waals surface area contributed by atoms with Crippen LogP contribution in [0.25, 0.3) is 0 Å². The highest BCUT2D eigenvalue weighted by molar-refractivity contribution is 7.92. The molecule has 0 spiro atoms. The van der Waals surface area contributed by atoms with E-state index in [9.17, 15) is 8.42 Å². The molecule has 0 unspecified atom stereocenters. The Hall–Kier alpha value is -1.11. The van der Waals surface area contributed by atoms with Crippen molar-refractivity contribution < 1.29 is 13.2 Å². The zero-order valence-electron chi connectivity index (χ0n) is 14.4. The van der Waals surface area contributed by atoms with Gasteiger partial charge in [-0.2, -0.15) is 0 Å². The van der Waals surface area contributed by atoms with E-state index in [2.05, 4.69) is 0 Å². The summed E-state index contributed by atoms with van der Waals surface area (Å²) < 4.78 is 32.2. The van der Waals surface area contributed by atoms with E-state index >= 15 is 0 Å². The second kappa shape index (κ2) is 7.49. The van der Waals surface area contributed by atoms with Gasteiger partial charge in [0.2, 0.25) is 0 Å². The van der Waals surface area contributed by atoms with E-state index < -0.39 is 20.5 Å². The molecule has 26 heavy (non-hydrogen) atoms. The smallest absolute Gasteiger partial charge is 0.182 e. The number of ether oxygens (including phenoxy) is 1. The van der Waals surface area contributed by atoms with Crippen molar-refractivity contribution in [2.75, 3.05) is 19.8 Å². The Bertz CT molecular complexity index is 869. The lowest BCUT2D eigenvalue weighted by molar-refractivity contribution is 0.101. The summed E-state index contributed by atoms with van der Waals surface area (Å²) in [6.07, 6.45) is 0.